The lowest BCUT2D eigenvalue weighted by Gasteiger charge is -2.41. The van der Waals surface area contributed by atoms with Gasteiger partial charge in [0.15, 0.2) is 23.0 Å². The zero-order chi connectivity index (χ0) is 34.1. The molecule has 0 heterocycles. The van der Waals surface area contributed by atoms with Crippen molar-refractivity contribution in [1.82, 2.24) is 0 Å². The molecule has 0 amide bonds. The van der Waals surface area contributed by atoms with Crippen molar-refractivity contribution >= 4 is 5.78 Å². The average molecular weight is 655 g/mol. The van der Waals surface area contributed by atoms with E-state index in [4.69, 9.17) is 9.47 Å². The molecular weight excluding hydrogens is 608 g/mol. The first-order valence-corrected chi connectivity index (χ1v) is 16.7. The molecule has 5 rings (SSSR count). The molecule has 1 aliphatic rings. The quantitative estimate of drug-likeness (QED) is 0.0819. The molecule has 48 heavy (non-hydrogen) atoms. The van der Waals surface area contributed by atoms with Crippen LogP contribution in [0.3, 0.4) is 0 Å². The monoisotopic (exact) mass is 654 g/mol. The van der Waals surface area contributed by atoms with E-state index in [2.05, 4.69) is 24.3 Å². The number of aliphatic hydroxyl groups excluding tert-OH is 1. The highest BCUT2D eigenvalue weighted by Crippen LogP contribution is 2.49. The van der Waals surface area contributed by atoms with Crippen molar-refractivity contribution in [1.29, 1.82) is 0 Å². The molecule has 0 bridgehead atoms. The lowest BCUT2D eigenvalue weighted by atomic mass is 9.63. The fourth-order valence-electron chi connectivity index (χ4n) is 7.14. The maximum atomic E-state index is 13.1. The number of ketones is 1. The van der Waals surface area contributed by atoms with E-state index in [1.165, 1.54) is 18.7 Å². The summed E-state index contributed by atoms with van der Waals surface area (Å²) in [6, 6.07) is 25.3. The zero-order valence-electron chi connectivity index (χ0n) is 27.5. The summed E-state index contributed by atoms with van der Waals surface area (Å²) < 4.78 is 11.1. The predicted octanol–water partition coefficient (Wildman–Crippen LogP) is 7.82. The van der Waals surface area contributed by atoms with Crippen LogP contribution in [0.1, 0.15) is 86.0 Å². The van der Waals surface area contributed by atoms with E-state index < -0.39 is 6.10 Å². The molecule has 254 valence electrons. The largest absolute Gasteiger partial charge is 0.508 e. The van der Waals surface area contributed by atoms with Gasteiger partial charge < -0.3 is 35.0 Å². The van der Waals surface area contributed by atoms with Crippen LogP contribution >= 0.6 is 0 Å². The minimum atomic E-state index is -0.930. The molecule has 1 fully saturated rings. The van der Waals surface area contributed by atoms with Gasteiger partial charge >= 0.3 is 0 Å². The SMILES string of the molecule is COc1cc(CCC(=O)CC(O)CC(CC2(c3ccccc3)CCCCC2)c2cc(O)c(O)c(OCc3cccc(O)c3)c2)ccc1O. The van der Waals surface area contributed by atoms with E-state index in [1.807, 2.05) is 6.07 Å². The third-order valence-corrected chi connectivity index (χ3v) is 9.64. The fraction of sp³-hybridized carbons (Fsp3) is 0.375. The second-order valence-corrected chi connectivity index (χ2v) is 13.1. The summed E-state index contributed by atoms with van der Waals surface area (Å²) in [5.74, 6) is -0.457. The molecule has 0 spiro atoms. The molecule has 0 saturated heterocycles. The molecule has 4 aromatic rings. The molecular formula is C40H46O8. The number of ether oxygens (including phenoxy) is 2. The van der Waals surface area contributed by atoms with Crippen molar-refractivity contribution < 1.29 is 39.8 Å². The summed E-state index contributed by atoms with van der Waals surface area (Å²) in [5.41, 5.74) is 3.35. The Kier molecular flexibility index (Phi) is 11.5. The number of aliphatic hydroxyl groups is 1. The Balaban J connectivity index is 1.38. The number of hydrogen-bond acceptors (Lipinski definition) is 8. The van der Waals surface area contributed by atoms with Gasteiger partial charge in [0.1, 0.15) is 18.1 Å². The Morgan fingerprint density at radius 3 is 2.31 bits per heavy atom. The van der Waals surface area contributed by atoms with Crippen molar-refractivity contribution in [3.05, 3.63) is 107 Å². The number of hydrogen-bond donors (Lipinski definition) is 5. The number of benzene rings is 4. The molecule has 4 aromatic carbocycles. The van der Waals surface area contributed by atoms with E-state index in [9.17, 15) is 30.3 Å². The standard InChI is InChI=1S/C40H46O8/c1-47-37-20-27(14-16-35(37)44)13-15-33(42)24-34(43)21-30(25-40(17-6-3-7-18-40)31-10-4-2-5-11-31)29-22-36(45)39(46)38(23-29)48-26-28-9-8-12-32(41)19-28/h2,4-5,8-12,14,16,19-20,22-23,30,34,41,43-46H,3,6-7,13,15,17-18,21,24-26H2,1H3. The number of aryl methyl sites for hydroxylation is 1. The van der Waals surface area contributed by atoms with Crippen LogP contribution in [0, 0.1) is 0 Å². The van der Waals surface area contributed by atoms with Gasteiger partial charge in [0.2, 0.25) is 5.75 Å². The minimum Gasteiger partial charge on any atom is -0.508 e. The molecule has 1 saturated carbocycles. The summed E-state index contributed by atoms with van der Waals surface area (Å²) in [5, 5.41) is 52.7. The van der Waals surface area contributed by atoms with Crippen molar-refractivity contribution in [2.75, 3.05) is 7.11 Å². The number of phenols is 4. The Morgan fingerprint density at radius 2 is 1.58 bits per heavy atom. The highest BCUT2D eigenvalue weighted by atomic mass is 16.5. The van der Waals surface area contributed by atoms with Gasteiger partial charge in [0.25, 0.3) is 0 Å². The Morgan fingerprint density at radius 1 is 0.812 bits per heavy atom. The average Bonchev–Trinajstić information content (AvgIpc) is 3.09. The van der Waals surface area contributed by atoms with Crippen LogP contribution in [0.2, 0.25) is 0 Å². The first-order chi connectivity index (χ1) is 23.2. The van der Waals surface area contributed by atoms with E-state index in [0.29, 0.717) is 29.7 Å². The third-order valence-electron chi connectivity index (χ3n) is 9.64. The van der Waals surface area contributed by atoms with Crippen LogP contribution in [-0.4, -0.2) is 44.5 Å². The Bertz CT molecular complexity index is 1660. The van der Waals surface area contributed by atoms with E-state index in [0.717, 1.165) is 37.7 Å². The number of rotatable bonds is 15. The number of carbonyl (C=O) groups is 1. The first kappa shape index (κ1) is 34.6. The summed E-state index contributed by atoms with van der Waals surface area (Å²) in [6.45, 7) is 0.0630. The molecule has 1 aliphatic carbocycles. The highest BCUT2D eigenvalue weighted by Gasteiger charge is 2.37. The van der Waals surface area contributed by atoms with Crippen LogP contribution in [0.15, 0.2) is 84.9 Å². The van der Waals surface area contributed by atoms with E-state index in [-0.39, 0.29) is 71.7 Å². The van der Waals surface area contributed by atoms with Crippen molar-refractivity contribution in [2.24, 2.45) is 0 Å². The van der Waals surface area contributed by atoms with Gasteiger partial charge in [0.05, 0.1) is 13.2 Å². The highest BCUT2D eigenvalue weighted by molar-refractivity contribution is 5.79. The molecule has 0 aromatic heterocycles. The number of phenolic OH excluding ortho intramolecular Hbond substituents is 4. The topological polar surface area (TPSA) is 137 Å². The summed E-state index contributed by atoms with van der Waals surface area (Å²) in [4.78, 5) is 13.1. The second-order valence-electron chi connectivity index (χ2n) is 13.1. The van der Waals surface area contributed by atoms with Gasteiger partial charge in [-0.25, -0.2) is 0 Å². The van der Waals surface area contributed by atoms with Crippen molar-refractivity contribution in [2.45, 2.75) is 88.3 Å². The molecule has 8 nitrogen and oxygen atoms in total. The molecule has 8 heteroatoms. The van der Waals surface area contributed by atoms with Crippen LogP contribution in [0.4, 0.5) is 0 Å². The Hall–Kier alpha value is -4.69. The van der Waals surface area contributed by atoms with Crippen LogP contribution in [-0.2, 0) is 23.2 Å². The van der Waals surface area contributed by atoms with Gasteiger partial charge in [0, 0.05) is 12.8 Å². The van der Waals surface area contributed by atoms with Crippen molar-refractivity contribution in [3.63, 3.8) is 0 Å². The molecule has 5 N–H and O–H groups in total. The van der Waals surface area contributed by atoms with Gasteiger partial charge in [-0.1, -0.05) is 67.8 Å². The second kappa shape index (κ2) is 15.9. The third kappa shape index (κ3) is 8.81. The maximum absolute atomic E-state index is 13.1. The summed E-state index contributed by atoms with van der Waals surface area (Å²) >= 11 is 0. The van der Waals surface area contributed by atoms with Gasteiger partial charge in [-0.05, 0) is 102 Å². The molecule has 2 atom stereocenters. The fourth-order valence-corrected chi connectivity index (χ4v) is 7.14. The number of carbonyl (C=O) groups excluding carboxylic acids is 1. The van der Waals surface area contributed by atoms with Crippen molar-refractivity contribution in [3.8, 4) is 34.5 Å². The number of methoxy groups -OCH3 is 1. The van der Waals surface area contributed by atoms with Gasteiger partial charge in [-0.15, -0.1) is 0 Å². The number of aromatic hydroxyl groups is 4. The Labute approximate surface area is 282 Å². The van der Waals surface area contributed by atoms with Gasteiger partial charge in [-0.2, -0.15) is 0 Å². The summed E-state index contributed by atoms with van der Waals surface area (Å²) in [7, 11) is 1.48. The van der Waals surface area contributed by atoms with Crippen LogP contribution in [0.5, 0.6) is 34.5 Å². The lowest BCUT2D eigenvalue weighted by molar-refractivity contribution is -0.121. The first-order valence-electron chi connectivity index (χ1n) is 16.7. The normalized spacial score (nSPS) is 15.4. The smallest absolute Gasteiger partial charge is 0.200 e. The minimum absolute atomic E-state index is 0.0189. The molecule has 2 unspecified atom stereocenters. The van der Waals surface area contributed by atoms with Crippen LogP contribution in [0.25, 0.3) is 0 Å². The van der Waals surface area contributed by atoms with E-state index >= 15 is 0 Å². The molecule has 0 radical (unpaired) electrons. The number of Topliss-reactive ketones (excluding diaryl/α,β-unsaturated/α-hetero) is 1. The maximum Gasteiger partial charge on any atom is 0.200 e. The lowest BCUT2D eigenvalue weighted by Crippen LogP contribution is -2.32. The van der Waals surface area contributed by atoms with E-state index in [1.54, 1.807) is 48.5 Å². The predicted molar refractivity (Wildman–Crippen MR) is 184 cm³/mol. The zero-order valence-corrected chi connectivity index (χ0v) is 27.5. The molecule has 0 aliphatic heterocycles. The summed E-state index contributed by atoms with van der Waals surface area (Å²) in [6.07, 6.45) is 6.02. The van der Waals surface area contributed by atoms with Crippen LogP contribution < -0.4 is 9.47 Å². The van der Waals surface area contributed by atoms with Gasteiger partial charge in [-0.3, -0.25) is 4.79 Å².